The molecule has 0 saturated carbocycles. The zero-order chi connectivity index (χ0) is 15.6. The number of carboxylic acid groups (broad SMARTS) is 1. The molecule has 8 nitrogen and oxygen atoms in total. The Morgan fingerprint density at radius 2 is 2.19 bits per heavy atom. The maximum Gasteiger partial charge on any atom is 0.303 e. The molecular weight excluding hydrogens is 364 g/mol. The van der Waals surface area contributed by atoms with Crippen LogP contribution in [0.15, 0.2) is 9.63 Å². The van der Waals surface area contributed by atoms with Crippen molar-refractivity contribution in [3.8, 4) is 0 Å². The largest absolute Gasteiger partial charge is 0.481 e. The van der Waals surface area contributed by atoms with Crippen LogP contribution in [0, 0.1) is 0 Å². The summed E-state index contributed by atoms with van der Waals surface area (Å²) in [5.41, 5.74) is 0. The number of sulfonamides is 1. The number of rotatable bonds is 5. The van der Waals surface area contributed by atoms with Gasteiger partial charge in [-0.25, -0.2) is 13.1 Å². The highest BCUT2D eigenvalue weighted by molar-refractivity contribution is 9.10. The standard InChI is InChI=1S/C11H17BrN4O4S/c1-15-11(10(12)13-14-15)21(19,20)16-7-3-2-4-8(16)5-6-9(17)18/h8H,2-7H2,1H3,(H,17,18). The fraction of sp³-hybridized carbons (Fsp3) is 0.727. The second kappa shape index (κ2) is 6.41. The number of hydrogen-bond donors (Lipinski definition) is 1. The van der Waals surface area contributed by atoms with E-state index < -0.39 is 16.0 Å². The van der Waals surface area contributed by atoms with Gasteiger partial charge in [0.2, 0.25) is 5.03 Å². The van der Waals surface area contributed by atoms with Crippen LogP contribution in [0.3, 0.4) is 0 Å². The average molecular weight is 381 g/mol. The van der Waals surface area contributed by atoms with E-state index in [-0.39, 0.29) is 22.1 Å². The summed E-state index contributed by atoms with van der Waals surface area (Å²) in [6, 6.07) is -0.290. The van der Waals surface area contributed by atoms with Gasteiger partial charge in [-0.05, 0) is 35.2 Å². The smallest absolute Gasteiger partial charge is 0.303 e. The van der Waals surface area contributed by atoms with Gasteiger partial charge >= 0.3 is 5.97 Å². The van der Waals surface area contributed by atoms with Crippen molar-refractivity contribution in [2.45, 2.75) is 43.2 Å². The van der Waals surface area contributed by atoms with Crippen LogP contribution in [0.5, 0.6) is 0 Å². The van der Waals surface area contributed by atoms with E-state index in [0.717, 1.165) is 12.8 Å². The number of hydrogen-bond acceptors (Lipinski definition) is 5. The Bertz CT molecular complexity index is 611. The number of carbonyl (C=O) groups is 1. The first kappa shape index (κ1) is 16.4. The van der Waals surface area contributed by atoms with Crippen molar-refractivity contribution < 1.29 is 18.3 Å². The van der Waals surface area contributed by atoms with Gasteiger partial charge in [0.15, 0.2) is 4.60 Å². The molecule has 118 valence electrons. The zero-order valence-corrected chi connectivity index (χ0v) is 14.0. The lowest BCUT2D eigenvalue weighted by Gasteiger charge is -2.34. The van der Waals surface area contributed by atoms with Crippen molar-refractivity contribution in [2.24, 2.45) is 7.05 Å². The van der Waals surface area contributed by atoms with Crippen LogP contribution in [0.25, 0.3) is 0 Å². The lowest BCUT2D eigenvalue weighted by atomic mass is 10.0. The van der Waals surface area contributed by atoms with E-state index in [1.807, 2.05) is 0 Å². The van der Waals surface area contributed by atoms with Gasteiger partial charge in [0, 0.05) is 26.1 Å². The molecule has 0 radical (unpaired) electrons. The highest BCUT2D eigenvalue weighted by atomic mass is 79.9. The van der Waals surface area contributed by atoms with Gasteiger partial charge in [-0.15, -0.1) is 5.10 Å². The maximum atomic E-state index is 12.8. The van der Waals surface area contributed by atoms with E-state index in [9.17, 15) is 13.2 Å². The first-order valence-electron chi connectivity index (χ1n) is 6.63. The number of aliphatic carboxylic acids is 1. The average Bonchev–Trinajstić information content (AvgIpc) is 2.76. The molecule has 1 aromatic heterocycles. The molecule has 0 aliphatic carbocycles. The van der Waals surface area contributed by atoms with Gasteiger partial charge in [0.25, 0.3) is 10.0 Å². The van der Waals surface area contributed by atoms with Gasteiger partial charge < -0.3 is 5.11 Å². The molecule has 0 aromatic carbocycles. The van der Waals surface area contributed by atoms with Crippen LogP contribution >= 0.6 is 15.9 Å². The van der Waals surface area contributed by atoms with Gasteiger partial charge in [-0.3, -0.25) is 4.79 Å². The number of piperidine rings is 1. The number of aryl methyl sites for hydroxylation is 1. The van der Waals surface area contributed by atoms with Crippen molar-refractivity contribution in [1.82, 2.24) is 19.3 Å². The summed E-state index contributed by atoms with van der Waals surface area (Å²) in [6.45, 7) is 0.393. The molecule has 1 aromatic rings. The van der Waals surface area contributed by atoms with Gasteiger partial charge in [0.1, 0.15) is 0 Å². The summed E-state index contributed by atoms with van der Waals surface area (Å²) in [5.74, 6) is -0.915. The first-order chi connectivity index (χ1) is 9.84. The normalized spacial score (nSPS) is 20.6. The van der Waals surface area contributed by atoms with Crippen molar-refractivity contribution in [1.29, 1.82) is 0 Å². The van der Waals surface area contributed by atoms with Crippen LogP contribution in [-0.4, -0.2) is 51.4 Å². The van der Waals surface area contributed by atoms with E-state index in [4.69, 9.17) is 5.11 Å². The summed E-state index contributed by atoms with van der Waals surface area (Å²) in [5, 5.41) is 16.2. The van der Waals surface area contributed by atoms with Crippen molar-refractivity contribution in [3.63, 3.8) is 0 Å². The summed E-state index contributed by atoms with van der Waals surface area (Å²) in [7, 11) is -2.23. The van der Waals surface area contributed by atoms with Gasteiger partial charge in [-0.1, -0.05) is 11.6 Å². The molecule has 1 aliphatic heterocycles. The Morgan fingerprint density at radius 1 is 1.48 bits per heavy atom. The fourth-order valence-corrected chi connectivity index (χ4v) is 5.34. The van der Waals surface area contributed by atoms with Crippen LogP contribution in [-0.2, 0) is 21.9 Å². The Labute approximate surface area is 131 Å². The van der Waals surface area contributed by atoms with Crippen LogP contribution in [0.4, 0.5) is 0 Å². The molecule has 1 saturated heterocycles. The highest BCUT2D eigenvalue weighted by Gasteiger charge is 2.37. The third-order valence-corrected chi connectivity index (χ3v) is 6.40. The summed E-state index contributed by atoms with van der Waals surface area (Å²) < 4.78 is 28.4. The van der Waals surface area contributed by atoms with E-state index in [1.54, 1.807) is 0 Å². The van der Waals surface area contributed by atoms with E-state index in [0.29, 0.717) is 19.4 Å². The Kier molecular flexibility index (Phi) is 4.99. The van der Waals surface area contributed by atoms with Crippen molar-refractivity contribution in [3.05, 3.63) is 4.60 Å². The second-order valence-corrected chi connectivity index (χ2v) is 7.56. The van der Waals surface area contributed by atoms with Crippen LogP contribution < -0.4 is 0 Å². The zero-order valence-electron chi connectivity index (χ0n) is 11.6. The topological polar surface area (TPSA) is 105 Å². The number of carboxylic acids is 1. The minimum Gasteiger partial charge on any atom is -0.481 e. The van der Waals surface area contributed by atoms with Crippen molar-refractivity contribution in [2.75, 3.05) is 6.54 Å². The molecule has 21 heavy (non-hydrogen) atoms. The van der Waals surface area contributed by atoms with E-state index >= 15 is 0 Å². The minimum absolute atomic E-state index is 0.00438. The Hall–Kier alpha value is -1.00. The first-order valence-corrected chi connectivity index (χ1v) is 8.86. The predicted octanol–water partition coefficient (Wildman–Crippen LogP) is 0.986. The maximum absolute atomic E-state index is 12.8. The molecule has 1 aliphatic rings. The lowest BCUT2D eigenvalue weighted by Crippen LogP contribution is -2.44. The minimum atomic E-state index is -3.75. The molecule has 2 rings (SSSR count). The van der Waals surface area contributed by atoms with Gasteiger partial charge in [0.05, 0.1) is 0 Å². The predicted molar refractivity (Wildman–Crippen MR) is 77.1 cm³/mol. The molecule has 0 amide bonds. The quantitative estimate of drug-likeness (QED) is 0.815. The third kappa shape index (κ3) is 3.43. The van der Waals surface area contributed by atoms with Gasteiger partial charge in [-0.2, -0.15) is 4.31 Å². The third-order valence-electron chi connectivity index (χ3n) is 3.55. The summed E-state index contributed by atoms with van der Waals surface area (Å²) >= 11 is 3.11. The summed E-state index contributed by atoms with van der Waals surface area (Å²) in [4.78, 5) is 10.7. The number of aromatic nitrogens is 3. The van der Waals surface area contributed by atoms with Crippen LogP contribution in [0.2, 0.25) is 0 Å². The highest BCUT2D eigenvalue weighted by Crippen LogP contribution is 2.30. The molecular formula is C11H17BrN4O4S. The van der Waals surface area contributed by atoms with E-state index in [1.165, 1.54) is 16.0 Å². The molecule has 1 atom stereocenters. The molecule has 1 unspecified atom stereocenters. The van der Waals surface area contributed by atoms with Crippen molar-refractivity contribution >= 4 is 31.9 Å². The van der Waals surface area contributed by atoms with Crippen LogP contribution in [0.1, 0.15) is 32.1 Å². The molecule has 1 N–H and O–H groups in total. The molecule has 0 spiro atoms. The van der Waals surface area contributed by atoms with E-state index in [2.05, 4.69) is 26.2 Å². The molecule has 0 bridgehead atoms. The Balaban J connectivity index is 2.30. The number of halogens is 1. The molecule has 1 fully saturated rings. The second-order valence-electron chi connectivity index (χ2n) is 5.01. The lowest BCUT2D eigenvalue weighted by molar-refractivity contribution is -0.137. The SMILES string of the molecule is Cn1nnc(Br)c1S(=O)(=O)N1CCCCC1CCC(=O)O. The Morgan fingerprint density at radius 3 is 2.76 bits per heavy atom. The molecule has 10 heteroatoms. The monoisotopic (exact) mass is 380 g/mol. The fourth-order valence-electron chi connectivity index (χ4n) is 2.58. The number of nitrogens with zero attached hydrogens (tertiary/aromatic N) is 4. The summed E-state index contributed by atoms with van der Waals surface area (Å²) in [6.07, 6.45) is 2.63. The molecule has 2 heterocycles.